The number of fused-ring (bicyclic) bond motifs is 1. The quantitative estimate of drug-likeness (QED) is 0.0368. The summed E-state index contributed by atoms with van der Waals surface area (Å²) in [5.74, 6) is -1.51. The molecule has 4 aromatic heterocycles. The molecule has 7 rings (SSSR count). The van der Waals surface area contributed by atoms with Gasteiger partial charge in [0.25, 0.3) is 0 Å². The van der Waals surface area contributed by atoms with E-state index in [9.17, 15) is 48.6 Å². The van der Waals surface area contributed by atoms with E-state index in [1.807, 2.05) is 6.07 Å². The first-order valence-electron chi connectivity index (χ1n) is 19.1. The van der Waals surface area contributed by atoms with Crippen LogP contribution in [0, 0.1) is 11.3 Å². The Balaban J connectivity index is 1.15. The maximum absolute atomic E-state index is 14.2. The second-order valence-corrected chi connectivity index (χ2v) is 17.9. The van der Waals surface area contributed by atoms with Crippen molar-refractivity contribution in [1.29, 1.82) is 5.26 Å². The van der Waals surface area contributed by atoms with Crippen LogP contribution >= 0.6 is 27.0 Å². The predicted octanol–water partition coefficient (Wildman–Crippen LogP) is 1.21. The van der Waals surface area contributed by atoms with Crippen molar-refractivity contribution in [3.8, 4) is 16.5 Å². The lowest BCUT2D eigenvalue weighted by Crippen LogP contribution is -2.38. The van der Waals surface area contributed by atoms with E-state index >= 15 is 0 Å². The van der Waals surface area contributed by atoms with E-state index in [0.717, 1.165) is 22.2 Å². The molecular weight excluding hydrogens is 920 g/mol. The fourth-order valence-corrected chi connectivity index (χ4v) is 9.05. The summed E-state index contributed by atoms with van der Waals surface area (Å²) in [6.07, 6.45) is -5.23. The number of aliphatic hydroxyl groups is 1. The molecule has 2 aliphatic rings. The van der Waals surface area contributed by atoms with Crippen molar-refractivity contribution in [2.45, 2.75) is 68.8 Å². The Labute approximate surface area is 370 Å². The molecule has 0 radical (unpaired) electrons. The molecule has 6 heterocycles. The number of imidazole rings is 1. The predicted molar refractivity (Wildman–Crippen MR) is 222 cm³/mol. The van der Waals surface area contributed by atoms with E-state index in [1.165, 1.54) is 35.3 Å². The molecule has 2 saturated heterocycles. The molecule has 0 aliphatic carbocycles. The van der Waals surface area contributed by atoms with Gasteiger partial charge in [-0.05, 0) is 30.2 Å². The van der Waals surface area contributed by atoms with Crippen molar-refractivity contribution in [3.63, 3.8) is 0 Å². The number of rotatable bonds is 18. The van der Waals surface area contributed by atoms with Gasteiger partial charge >= 0.3 is 27.3 Å². The molecule has 2 aliphatic heterocycles. The van der Waals surface area contributed by atoms with Crippen molar-refractivity contribution in [3.05, 3.63) is 88.6 Å². The molecular formula is C36H39N11O15P2S. The van der Waals surface area contributed by atoms with E-state index in [2.05, 4.69) is 41.3 Å². The number of amides is 1. The summed E-state index contributed by atoms with van der Waals surface area (Å²) in [5, 5.41) is 24.2. The van der Waals surface area contributed by atoms with Gasteiger partial charge < -0.3 is 50.8 Å². The fraction of sp³-hybridized carbons (Fsp3) is 0.361. The number of thiazole rings is 1. The number of allylic oxidation sites excluding steroid dienone is 1. The van der Waals surface area contributed by atoms with Gasteiger partial charge in [-0.3, -0.25) is 27.5 Å². The van der Waals surface area contributed by atoms with E-state index in [1.54, 1.807) is 18.2 Å². The van der Waals surface area contributed by atoms with Crippen molar-refractivity contribution in [2.75, 3.05) is 24.7 Å². The maximum atomic E-state index is 14.2. The molecule has 26 nitrogen and oxygen atoms in total. The van der Waals surface area contributed by atoms with Gasteiger partial charge in [-0.1, -0.05) is 18.2 Å². The van der Waals surface area contributed by atoms with Crippen LogP contribution in [-0.2, 0) is 48.3 Å². The number of phosphoric acid groups is 2. The monoisotopic (exact) mass is 959 g/mol. The number of esters is 1. The van der Waals surface area contributed by atoms with Gasteiger partial charge in [0.2, 0.25) is 5.91 Å². The molecule has 0 saturated carbocycles. The molecule has 5 aromatic rings. The van der Waals surface area contributed by atoms with E-state index in [4.69, 9.17) is 34.7 Å². The lowest BCUT2D eigenvalue weighted by atomic mass is 10.1. The molecule has 1 aromatic carbocycles. The van der Waals surface area contributed by atoms with Crippen molar-refractivity contribution < 1.29 is 66.3 Å². The van der Waals surface area contributed by atoms with Gasteiger partial charge in [0.15, 0.2) is 29.5 Å². The highest BCUT2D eigenvalue weighted by molar-refractivity contribution is 7.47. The second kappa shape index (κ2) is 19.7. The zero-order valence-corrected chi connectivity index (χ0v) is 36.1. The lowest BCUT2D eigenvalue weighted by molar-refractivity contribution is -0.121. The van der Waals surface area contributed by atoms with Gasteiger partial charge in [-0.25, -0.2) is 38.7 Å². The Morgan fingerprint density at radius 1 is 1.05 bits per heavy atom. The third kappa shape index (κ3) is 11.2. The minimum absolute atomic E-state index is 0.00538. The molecule has 0 bridgehead atoms. The summed E-state index contributed by atoms with van der Waals surface area (Å²) in [5.41, 5.74) is 11.5. The number of ether oxygens (including phenoxy) is 3. The number of carbonyl (C=O) groups is 2. The molecule has 2 fully saturated rings. The van der Waals surface area contributed by atoms with Gasteiger partial charge in [-0.2, -0.15) is 10.2 Å². The SMILES string of the molecule is C=CCCC(=O)NCc1nc(C(=O)O[C@@H]2C(O)[C@H](n3cnc4c(N)ncnc43)O[C@@H]2COP(=O)(O)OC2C[C@H](n3ccc(N)nc3=O)O[C@@H]2COP(=O)(O)O)c(-c2ccc(C#N)cc2)s1. The van der Waals surface area contributed by atoms with Gasteiger partial charge in [-0.15, -0.1) is 17.9 Å². The third-order valence-electron chi connectivity index (χ3n) is 9.79. The normalized spacial score (nSPS) is 22.9. The number of nitrogens with two attached hydrogens (primary N) is 2. The first kappa shape index (κ1) is 47.1. The Morgan fingerprint density at radius 3 is 2.51 bits per heavy atom. The van der Waals surface area contributed by atoms with Crippen molar-refractivity contribution >= 4 is 61.7 Å². The number of carbonyl (C=O) groups excluding carboxylic acids is 2. The number of nitrogens with one attached hydrogen (secondary N) is 1. The Kier molecular flexibility index (Phi) is 14.3. The maximum Gasteiger partial charge on any atom is 0.472 e. The Morgan fingerprint density at radius 2 is 1.80 bits per heavy atom. The van der Waals surface area contributed by atoms with Crippen LogP contribution in [0.2, 0.25) is 0 Å². The summed E-state index contributed by atoms with van der Waals surface area (Å²) in [7, 11) is -10.3. The molecule has 9 N–H and O–H groups in total. The minimum Gasteiger partial charge on any atom is -0.452 e. The smallest absolute Gasteiger partial charge is 0.452 e. The van der Waals surface area contributed by atoms with E-state index < -0.39 is 83.5 Å². The zero-order valence-electron chi connectivity index (χ0n) is 33.5. The van der Waals surface area contributed by atoms with Crippen LogP contribution in [0.15, 0.2) is 66.6 Å². The van der Waals surface area contributed by atoms with Crippen LogP contribution in [0.5, 0.6) is 0 Å². The number of aromatic nitrogens is 7. The number of nitrogens with zero attached hydrogens (tertiary/aromatic N) is 8. The van der Waals surface area contributed by atoms with Gasteiger partial charge in [0.05, 0.1) is 42.6 Å². The second-order valence-electron chi connectivity index (χ2n) is 14.2. The van der Waals surface area contributed by atoms with E-state index in [0.29, 0.717) is 22.6 Å². The summed E-state index contributed by atoms with van der Waals surface area (Å²) >= 11 is 1.05. The van der Waals surface area contributed by atoms with Crippen LogP contribution in [0.1, 0.15) is 52.8 Å². The lowest BCUT2D eigenvalue weighted by Gasteiger charge is -2.23. The van der Waals surface area contributed by atoms with Gasteiger partial charge in [0.1, 0.15) is 53.3 Å². The summed E-state index contributed by atoms with van der Waals surface area (Å²) in [6.45, 7) is 1.77. The van der Waals surface area contributed by atoms with Crippen LogP contribution in [0.4, 0.5) is 11.6 Å². The topological polar surface area (TPSA) is 384 Å². The largest absolute Gasteiger partial charge is 0.472 e. The number of hydrogen-bond acceptors (Lipinski definition) is 21. The fourth-order valence-electron chi connectivity index (χ4n) is 6.75. The summed E-state index contributed by atoms with van der Waals surface area (Å²) in [6, 6.07) is 9.49. The number of hydrogen-bond donors (Lipinski definition) is 7. The first-order valence-corrected chi connectivity index (χ1v) is 23.0. The van der Waals surface area contributed by atoms with Crippen molar-refractivity contribution in [1.82, 2.24) is 39.4 Å². The highest BCUT2D eigenvalue weighted by atomic mass is 32.1. The number of benzene rings is 1. The molecule has 0 spiro atoms. The molecule has 1 amide bonds. The highest BCUT2D eigenvalue weighted by Gasteiger charge is 2.50. The minimum atomic E-state index is -5.26. The number of phosphoric ester groups is 2. The molecule has 8 atom stereocenters. The van der Waals surface area contributed by atoms with Crippen LogP contribution in [-0.4, -0.2) is 109 Å². The van der Waals surface area contributed by atoms with Crippen molar-refractivity contribution in [2.24, 2.45) is 0 Å². The number of nitriles is 1. The average Bonchev–Trinajstić information content (AvgIpc) is 4.05. The zero-order chi connectivity index (χ0) is 46.6. The summed E-state index contributed by atoms with van der Waals surface area (Å²) in [4.78, 5) is 89.5. The Hall–Kier alpha value is -5.85. The number of nitrogen functional groups attached to an aromatic ring is 2. The summed E-state index contributed by atoms with van der Waals surface area (Å²) < 4.78 is 60.5. The molecule has 3 unspecified atom stereocenters. The van der Waals surface area contributed by atoms with Gasteiger partial charge in [0, 0.05) is 19.0 Å². The first-order chi connectivity index (χ1) is 30.9. The number of aliphatic hydroxyl groups excluding tert-OH is 1. The van der Waals surface area contributed by atoms with Crippen LogP contribution in [0.25, 0.3) is 21.6 Å². The number of anilines is 2. The van der Waals surface area contributed by atoms with Crippen LogP contribution in [0.3, 0.4) is 0 Å². The Bertz CT molecular complexity index is 2780. The molecule has 65 heavy (non-hydrogen) atoms. The molecule has 344 valence electrons. The average molecular weight is 960 g/mol. The van der Waals surface area contributed by atoms with E-state index in [-0.39, 0.29) is 58.7 Å². The highest BCUT2D eigenvalue weighted by Crippen LogP contribution is 2.50. The van der Waals surface area contributed by atoms with Crippen LogP contribution < -0.4 is 22.5 Å². The molecule has 29 heteroatoms. The third-order valence-corrected chi connectivity index (χ3v) is 12.4. The standard InChI is InChI=1S/C36H39N11O15P2S/c1-2-3-4-24(48)40-13-25-45-27(31(65-25)19-7-5-18(12-37)6-8-19)35(50)61-30-22(60-34(29(30)49)47-17-43-28-32(39)41-16-42-33(28)47)15-58-64(55,56)62-20-11-26(46-10-9-23(38)44-36(46)51)59-21(20)14-57-63(52,53)54/h2,5-10,16-17,20-22,26,29-30,34,49H,1,3-4,11,13-15H2,(H,40,48)(H,55,56)(H2,38,44,51)(H2,39,41,42)(H2,52,53,54)/t20?,21-,22-,26-,29?,30+,34-/m1/s1.